The van der Waals surface area contributed by atoms with Crippen molar-refractivity contribution in [3.8, 4) is 5.75 Å². The summed E-state index contributed by atoms with van der Waals surface area (Å²) in [4.78, 5) is 10.9. The van der Waals surface area contributed by atoms with Crippen LogP contribution in [0.1, 0.15) is 24.2 Å². The van der Waals surface area contributed by atoms with Gasteiger partial charge in [-0.3, -0.25) is 4.79 Å². The highest BCUT2D eigenvalue weighted by Gasteiger charge is 2.42. The predicted octanol–water partition coefficient (Wildman–Crippen LogP) is 1.72. The molecule has 110 valence electrons. The first-order chi connectivity index (χ1) is 9.32. The number of hydrogen-bond donors (Lipinski definition) is 2. The molecule has 7 heteroatoms. The molecule has 20 heavy (non-hydrogen) atoms. The maximum absolute atomic E-state index is 12.2. The van der Waals surface area contributed by atoms with Crippen molar-refractivity contribution in [2.45, 2.75) is 31.7 Å². The molecule has 0 fully saturated rings. The Hall–Kier alpha value is -1.76. The molecule has 1 aromatic rings. The summed E-state index contributed by atoms with van der Waals surface area (Å²) in [7, 11) is 0. The summed E-state index contributed by atoms with van der Waals surface area (Å²) in [6.45, 7) is 2.25. The smallest absolute Gasteiger partial charge is 0.471 e. The number of hydrogen-bond acceptors (Lipinski definition) is 3. The van der Waals surface area contributed by atoms with Gasteiger partial charge in [-0.1, -0.05) is 6.07 Å². The topological polar surface area (TPSA) is 58.6 Å². The molecule has 0 radical (unpaired) electrons. The molecule has 0 saturated carbocycles. The number of fused-ring (bicyclic) bond motifs is 1. The first kappa shape index (κ1) is 14.6. The van der Waals surface area contributed by atoms with Crippen LogP contribution >= 0.6 is 0 Å². The molecule has 1 aliphatic rings. The third-order valence-electron chi connectivity index (χ3n) is 3.14. The second kappa shape index (κ2) is 5.32. The van der Waals surface area contributed by atoms with Crippen LogP contribution < -0.4 is 10.1 Å². The number of ether oxygens (including phenoxy) is 1. The van der Waals surface area contributed by atoms with Crippen molar-refractivity contribution in [2.24, 2.45) is 0 Å². The van der Waals surface area contributed by atoms with Crippen molar-refractivity contribution in [2.75, 3.05) is 6.61 Å². The molecule has 0 bridgehead atoms. The fourth-order valence-corrected chi connectivity index (χ4v) is 2.24. The highest BCUT2D eigenvalue weighted by molar-refractivity contribution is 5.82. The normalized spacial score (nSPS) is 21.4. The molecule has 0 saturated heterocycles. The van der Waals surface area contributed by atoms with Crippen molar-refractivity contribution < 1.29 is 27.8 Å². The van der Waals surface area contributed by atoms with E-state index in [0.717, 1.165) is 0 Å². The number of alkyl halides is 3. The highest BCUT2D eigenvalue weighted by Crippen LogP contribution is 2.34. The van der Waals surface area contributed by atoms with Crippen LogP contribution in [-0.2, 0) is 11.2 Å². The van der Waals surface area contributed by atoms with E-state index in [1.54, 1.807) is 25.1 Å². The summed E-state index contributed by atoms with van der Waals surface area (Å²) in [5.41, 5.74) is 1.19. The van der Waals surface area contributed by atoms with Gasteiger partial charge < -0.3 is 15.2 Å². The molecule has 4 nitrogen and oxygen atoms in total. The summed E-state index contributed by atoms with van der Waals surface area (Å²) in [5, 5.41) is 11.8. The molecule has 0 aromatic heterocycles. The zero-order valence-electron chi connectivity index (χ0n) is 10.7. The highest BCUT2D eigenvalue weighted by atomic mass is 19.4. The molecule has 2 atom stereocenters. The zero-order valence-corrected chi connectivity index (χ0v) is 10.7. The number of nitrogens with one attached hydrogen (secondary N) is 1. The predicted molar refractivity (Wildman–Crippen MR) is 64.3 cm³/mol. The number of aliphatic hydroxyl groups excluding tert-OH is 1. The van der Waals surface area contributed by atoms with Crippen LogP contribution in [0.2, 0.25) is 0 Å². The lowest BCUT2D eigenvalue weighted by molar-refractivity contribution is -0.175. The fourth-order valence-electron chi connectivity index (χ4n) is 2.24. The Bertz CT molecular complexity index is 516. The summed E-state index contributed by atoms with van der Waals surface area (Å²) in [5.74, 6) is -1.51. The van der Waals surface area contributed by atoms with E-state index < -0.39 is 24.2 Å². The number of rotatable bonds is 3. The molecule has 0 heterocycles. The Labute approximate surface area is 113 Å². The number of benzene rings is 1. The average molecular weight is 289 g/mol. The maximum Gasteiger partial charge on any atom is 0.471 e. The fraction of sp³-hybridized carbons (Fsp3) is 0.462. The molecule has 0 spiro atoms. The van der Waals surface area contributed by atoms with Crippen molar-refractivity contribution in [1.29, 1.82) is 0 Å². The Balaban J connectivity index is 2.13. The van der Waals surface area contributed by atoms with Crippen molar-refractivity contribution in [3.63, 3.8) is 0 Å². The largest absolute Gasteiger partial charge is 0.494 e. The third-order valence-corrected chi connectivity index (χ3v) is 3.14. The quantitative estimate of drug-likeness (QED) is 0.891. The summed E-state index contributed by atoms with van der Waals surface area (Å²) in [6, 6.07) is 3.98. The summed E-state index contributed by atoms with van der Waals surface area (Å²) in [6.07, 6.45) is -5.97. The average Bonchev–Trinajstić information content (AvgIpc) is 2.66. The van der Waals surface area contributed by atoms with Gasteiger partial charge >= 0.3 is 12.1 Å². The molecule has 2 rings (SSSR count). The number of aliphatic hydroxyl groups is 1. The molecular formula is C13H14F3NO3. The first-order valence-electron chi connectivity index (χ1n) is 6.14. The lowest BCUT2D eigenvalue weighted by Crippen LogP contribution is -2.44. The van der Waals surface area contributed by atoms with E-state index in [2.05, 4.69) is 0 Å². The SMILES string of the molecule is CCOc1ccc2c(c1)[C@@H](O)[C@@H](NC(=O)C(F)(F)F)C2. The molecule has 1 aliphatic carbocycles. The minimum atomic E-state index is -4.95. The van der Waals surface area contributed by atoms with Gasteiger partial charge in [0, 0.05) is 0 Å². The summed E-state index contributed by atoms with van der Waals surface area (Å²) >= 11 is 0. The van der Waals surface area contributed by atoms with Gasteiger partial charge in [-0.05, 0) is 36.6 Å². The molecule has 0 aliphatic heterocycles. The standard InChI is InChI=1S/C13H14F3NO3/c1-2-20-8-4-3-7-5-10(11(18)9(7)6-8)17-12(19)13(14,15)16/h3-4,6,10-11,18H,2,5H2,1H3,(H,17,19)/t10-,11+/m0/s1. The first-order valence-corrected chi connectivity index (χ1v) is 6.14. The van der Waals surface area contributed by atoms with Gasteiger partial charge in [-0.15, -0.1) is 0 Å². The van der Waals surface area contributed by atoms with Gasteiger partial charge in [0.25, 0.3) is 0 Å². The molecule has 1 amide bonds. The molecule has 1 aromatic carbocycles. The van der Waals surface area contributed by atoms with Crippen LogP contribution in [0.15, 0.2) is 18.2 Å². The van der Waals surface area contributed by atoms with E-state index >= 15 is 0 Å². The number of carbonyl (C=O) groups excluding carboxylic acids is 1. The second-order valence-corrected chi connectivity index (χ2v) is 4.52. The monoisotopic (exact) mass is 289 g/mol. The molecule has 2 N–H and O–H groups in total. The van der Waals surface area contributed by atoms with E-state index in [0.29, 0.717) is 23.5 Å². The van der Waals surface area contributed by atoms with Crippen LogP contribution in [0.4, 0.5) is 13.2 Å². The zero-order chi connectivity index (χ0) is 14.9. The summed E-state index contributed by atoms with van der Waals surface area (Å²) < 4.78 is 41.9. The van der Waals surface area contributed by atoms with Crippen LogP contribution in [-0.4, -0.2) is 29.8 Å². The van der Waals surface area contributed by atoms with E-state index in [4.69, 9.17) is 4.74 Å². The number of carbonyl (C=O) groups is 1. The van der Waals surface area contributed by atoms with Crippen molar-refractivity contribution in [3.05, 3.63) is 29.3 Å². The number of amides is 1. The van der Waals surface area contributed by atoms with Crippen molar-refractivity contribution in [1.82, 2.24) is 5.32 Å². The van der Waals surface area contributed by atoms with Gasteiger partial charge in [-0.25, -0.2) is 0 Å². The van der Waals surface area contributed by atoms with Gasteiger partial charge in [0.05, 0.1) is 18.8 Å². The maximum atomic E-state index is 12.2. The number of halogens is 3. The third kappa shape index (κ3) is 2.87. The van der Waals surface area contributed by atoms with Gasteiger partial charge in [0.1, 0.15) is 5.75 Å². The van der Waals surface area contributed by atoms with E-state index in [1.807, 2.05) is 5.32 Å². The Morgan fingerprint density at radius 1 is 1.50 bits per heavy atom. The molecule has 0 unspecified atom stereocenters. The van der Waals surface area contributed by atoms with E-state index in [-0.39, 0.29) is 6.42 Å². The Morgan fingerprint density at radius 3 is 2.80 bits per heavy atom. The second-order valence-electron chi connectivity index (χ2n) is 4.52. The Kier molecular flexibility index (Phi) is 3.89. The van der Waals surface area contributed by atoms with Crippen molar-refractivity contribution >= 4 is 5.91 Å². The van der Waals surface area contributed by atoms with Gasteiger partial charge in [-0.2, -0.15) is 13.2 Å². The molecular weight excluding hydrogens is 275 g/mol. The van der Waals surface area contributed by atoms with E-state index in [1.165, 1.54) is 0 Å². The minimum Gasteiger partial charge on any atom is -0.494 e. The Morgan fingerprint density at radius 2 is 2.20 bits per heavy atom. The van der Waals surface area contributed by atoms with E-state index in [9.17, 15) is 23.1 Å². The minimum absolute atomic E-state index is 0.157. The lowest BCUT2D eigenvalue weighted by Gasteiger charge is -2.18. The van der Waals surface area contributed by atoms with Gasteiger partial charge in [0.15, 0.2) is 0 Å². The van der Waals surface area contributed by atoms with Crippen LogP contribution in [0.3, 0.4) is 0 Å². The van der Waals surface area contributed by atoms with Gasteiger partial charge in [0.2, 0.25) is 0 Å². The van der Waals surface area contributed by atoms with Crippen LogP contribution in [0.5, 0.6) is 5.75 Å². The van der Waals surface area contributed by atoms with Crippen LogP contribution in [0, 0.1) is 0 Å². The van der Waals surface area contributed by atoms with Crippen LogP contribution in [0.25, 0.3) is 0 Å². The lowest BCUT2D eigenvalue weighted by atomic mass is 10.1.